The molecule has 0 saturated carbocycles. The Kier molecular flexibility index (Phi) is 3.30. The summed E-state index contributed by atoms with van der Waals surface area (Å²) in [6.07, 6.45) is 3.88. The number of aromatic nitrogens is 2. The van der Waals surface area contributed by atoms with Crippen molar-refractivity contribution >= 4 is 0 Å². The van der Waals surface area contributed by atoms with E-state index in [1.807, 2.05) is 30.9 Å². The van der Waals surface area contributed by atoms with Crippen LogP contribution in [0, 0.1) is 18.6 Å². The van der Waals surface area contributed by atoms with Gasteiger partial charge >= 0.3 is 0 Å². The summed E-state index contributed by atoms with van der Waals surface area (Å²) in [5.41, 5.74) is 1.95. The van der Waals surface area contributed by atoms with Crippen molar-refractivity contribution in [1.82, 2.24) is 14.7 Å². The molecule has 1 aliphatic heterocycles. The van der Waals surface area contributed by atoms with Gasteiger partial charge in [0.1, 0.15) is 0 Å². The number of benzene rings is 1. The average molecular weight is 277 g/mol. The van der Waals surface area contributed by atoms with E-state index in [2.05, 4.69) is 10.00 Å². The Hall–Kier alpha value is -1.75. The van der Waals surface area contributed by atoms with Gasteiger partial charge in [-0.15, -0.1) is 0 Å². The fourth-order valence-electron chi connectivity index (χ4n) is 2.59. The second-order valence-electron chi connectivity index (χ2n) is 5.45. The molecule has 2 heterocycles. The predicted octanol–water partition coefficient (Wildman–Crippen LogP) is 3.09. The molecule has 1 fully saturated rings. The maximum atomic E-state index is 13.3. The lowest BCUT2D eigenvalue weighted by Gasteiger charge is -2.43. The maximum absolute atomic E-state index is 13.3. The molecule has 2 aromatic rings. The molecule has 1 aliphatic rings. The number of hydrogen-bond acceptors (Lipinski definition) is 2. The SMILES string of the molecule is Cc1cnn(C2CN([C@@H](C)c3ccc(F)c(F)c3)C2)c1. The molecule has 1 aromatic heterocycles. The van der Waals surface area contributed by atoms with Gasteiger partial charge in [0.05, 0.1) is 12.2 Å². The minimum absolute atomic E-state index is 0.0815. The van der Waals surface area contributed by atoms with Crippen LogP contribution in [0.4, 0.5) is 8.78 Å². The Morgan fingerprint density at radius 2 is 2.00 bits per heavy atom. The van der Waals surface area contributed by atoms with Gasteiger partial charge in [-0.25, -0.2) is 8.78 Å². The zero-order chi connectivity index (χ0) is 14.3. The molecule has 1 saturated heterocycles. The van der Waals surface area contributed by atoms with E-state index in [-0.39, 0.29) is 6.04 Å². The van der Waals surface area contributed by atoms with Crippen molar-refractivity contribution in [3.8, 4) is 0 Å². The highest BCUT2D eigenvalue weighted by molar-refractivity contribution is 5.21. The summed E-state index contributed by atoms with van der Waals surface area (Å²) < 4.78 is 28.2. The van der Waals surface area contributed by atoms with Crippen LogP contribution in [-0.2, 0) is 0 Å². The van der Waals surface area contributed by atoms with Crippen molar-refractivity contribution in [1.29, 1.82) is 0 Å². The van der Waals surface area contributed by atoms with Gasteiger partial charge < -0.3 is 0 Å². The summed E-state index contributed by atoms with van der Waals surface area (Å²) in [7, 11) is 0. The van der Waals surface area contributed by atoms with Crippen molar-refractivity contribution < 1.29 is 8.78 Å². The van der Waals surface area contributed by atoms with Crippen molar-refractivity contribution in [2.24, 2.45) is 0 Å². The molecule has 1 atom stereocenters. The predicted molar refractivity (Wildman–Crippen MR) is 72.3 cm³/mol. The molecule has 106 valence electrons. The first-order valence-electron chi connectivity index (χ1n) is 6.74. The molecule has 3 rings (SSSR count). The summed E-state index contributed by atoms with van der Waals surface area (Å²) in [5, 5.41) is 4.31. The number of likely N-dealkylation sites (tertiary alicyclic amines) is 1. The van der Waals surface area contributed by atoms with Gasteiger partial charge in [-0.2, -0.15) is 5.10 Å². The Bertz CT molecular complexity index is 617. The van der Waals surface area contributed by atoms with Crippen LogP contribution in [-0.4, -0.2) is 27.8 Å². The van der Waals surface area contributed by atoms with Gasteiger partial charge in [-0.3, -0.25) is 9.58 Å². The first kappa shape index (κ1) is 13.2. The van der Waals surface area contributed by atoms with Crippen molar-refractivity contribution in [3.05, 3.63) is 53.4 Å². The molecule has 0 radical (unpaired) electrons. The number of aryl methyl sites for hydroxylation is 1. The van der Waals surface area contributed by atoms with Crippen LogP contribution in [0.1, 0.15) is 30.1 Å². The third-order valence-electron chi connectivity index (χ3n) is 3.97. The molecular formula is C15H17F2N3. The highest BCUT2D eigenvalue weighted by Gasteiger charge is 2.32. The van der Waals surface area contributed by atoms with E-state index < -0.39 is 11.6 Å². The minimum atomic E-state index is -0.797. The van der Waals surface area contributed by atoms with Crippen LogP contribution < -0.4 is 0 Å². The van der Waals surface area contributed by atoms with Crippen LogP contribution in [0.3, 0.4) is 0 Å². The first-order chi connectivity index (χ1) is 9.54. The maximum Gasteiger partial charge on any atom is 0.159 e. The molecule has 0 aliphatic carbocycles. The molecule has 0 N–H and O–H groups in total. The molecule has 1 aromatic carbocycles. The Labute approximate surface area is 116 Å². The number of halogens is 2. The van der Waals surface area contributed by atoms with E-state index in [1.54, 1.807) is 6.07 Å². The smallest absolute Gasteiger partial charge is 0.159 e. The monoisotopic (exact) mass is 277 g/mol. The number of hydrogen-bond donors (Lipinski definition) is 0. The van der Waals surface area contributed by atoms with Gasteiger partial charge in [0.15, 0.2) is 11.6 Å². The summed E-state index contributed by atoms with van der Waals surface area (Å²) in [6.45, 7) is 5.78. The van der Waals surface area contributed by atoms with E-state index >= 15 is 0 Å². The van der Waals surface area contributed by atoms with Crippen LogP contribution in [0.15, 0.2) is 30.6 Å². The topological polar surface area (TPSA) is 21.1 Å². The second kappa shape index (κ2) is 4.98. The molecule has 0 bridgehead atoms. The molecule has 0 amide bonds. The fourth-order valence-corrected chi connectivity index (χ4v) is 2.59. The Morgan fingerprint density at radius 3 is 2.60 bits per heavy atom. The van der Waals surface area contributed by atoms with Gasteiger partial charge in [0.25, 0.3) is 0 Å². The lowest BCUT2D eigenvalue weighted by atomic mass is 10.0. The fraction of sp³-hybridized carbons (Fsp3) is 0.400. The third kappa shape index (κ3) is 2.33. The number of rotatable bonds is 3. The van der Waals surface area contributed by atoms with Crippen molar-refractivity contribution in [2.75, 3.05) is 13.1 Å². The average Bonchev–Trinajstić information content (AvgIpc) is 2.77. The molecule has 5 heteroatoms. The van der Waals surface area contributed by atoms with Crippen LogP contribution >= 0.6 is 0 Å². The summed E-state index contributed by atoms with van der Waals surface area (Å²) in [6, 6.07) is 4.57. The van der Waals surface area contributed by atoms with E-state index in [1.165, 1.54) is 12.1 Å². The third-order valence-corrected chi connectivity index (χ3v) is 3.97. The van der Waals surface area contributed by atoms with Gasteiger partial charge in [-0.1, -0.05) is 6.07 Å². The standard InChI is InChI=1S/C15H17F2N3/c1-10-6-18-20(7-10)13-8-19(9-13)11(2)12-3-4-14(16)15(17)5-12/h3-7,11,13H,8-9H2,1-2H3/t11-/m0/s1. The van der Waals surface area contributed by atoms with E-state index in [9.17, 15) is 8.78 Å². The highest BCUT2D eigenvalue weighted by atomic mass is 19.2. The summed E-state index contributed by atoms with van der Waals surface area (Å²) in [4.78, 5) is 2.23. The molecule has 0 spiro atoms. The minimum Gasteiger partial charge on any atom is -0.292 e. The molecular weight excluding hydrogens is 260 g/mol. The summed E-state index contributed by atoms with van der Waals surface area (Å²) in [5.74, 6) is -1.58. The van der Waals surface area contributed by atoms with Crippen LogP contribution in [0.2, 0.25) is 0 Å². The van der Waals surface area contributed by atoms with E-state index in [0.717, 1.165) is 24.2 Å². The Morgan fingerprint density at radius 1 is 1.25 bits per heavy atom. The highest BCUT2D eigenvalue weighted by Crippen LogP contribution is 2.31. The molecule has 3 nitrogen and oxygen atoms in total. The lowest BCUT2D eigenvalue weighted by Crippen LogP contribution is -2.48. The van der Waals surface area contributed by atoms with Crippen LogP contribution in [0.5, 0.6) is 0 Å². The van der Waals surface area contributed by atoms with Gasteiger partial charge in [0, 0.05) is 25.3 Å². The first-order valence-corrected chi connectivity index (χ1v) is 6.74. The summed E-state index contributed by atoms with van der Waals surface area (Å²) >= 11 is 0. The zero-order valence-electron chi connectivity index (χ0n) is 11.6. The molecule has 20 heavy (non-hydrogen) atoms. The lowest BCUT2D eigenvalue weighted by molar-refractivity contribution is 0.0595. The van der Waals surface area contributed by atoms with Crippen molar-refractivity contribution in [3.63, 3.8) is 0 Å². The Balaban J connectivity index is 1.65. The van der Waals surface area contributed by atoms with Gasteiger partial charge in [0.2, 0.25) is 0 Å². The normalized spacial score (nSPS) is 18.0. The number of nitrogens with zero attached hydrogens (tertiary/aromatic N) is 3. The zero-order valence-corrected chi connectivity index (χ0v) is 11.6. The van der Waals surface area contributed by atoms with Crippen molar-refractivity contribution in [2.45, 2.75) is 25.9 Å². The largest absolute Gasteiger partial charge is 0.292 e. The van der Waals surface area contributed by atoms with E-state index in [4.69, 9.17) is 0 Å². The molecule has 0 unspecified atom stereocenters. The second-order valence-corrected chi connectivity index (χ2v) is 5.45. The van der Waals surface area contributed by atoms with E-state index in [0.29, 0.717) is 6.04 Å². The quantitative estimate of drug-likeness (QED) is 0.859. The van der Waals surface area contributed by atoms with Crippen LogP contribution in [0.25, 0.3) is 0 Å². The van der Waals surface area contributed by atoms with Gasteiger partial charge in [-0.05, 0) is 37.1 Å².